The van der Waals surface area contributed by atoms with Gasteiger partial charge in [0, 0.05) is 31.8 Å². The highest BCUT2D eigenvalue weighted by atomic mass is 35.5. The van der Waals surface area contributed by atoms with Gasteiger partial charge in [-0.2, -0.15) is 0 Å². The molecule has 0 amide bonds. The number of hydrogen-bond acceptors (Lipinski definition) is 4. The molecule has 1 heterocycles. The fourth-order valence-corrected chi connectivity index (χ4v) is 2.10. The summed E-state index contributed by atoms with van der Waals surface area (Å²) in [6, 6.07) is 4.27. The molecule has 0 aliphatic heterocycles. The lowest BCUT2D eigenvalue weighted by atomic mass is 10.1. The summed E-state index contributed by atoms with van der Waals surface area (Å²) < 4.78 is 23.5. The first kappa shape index (κ1) is 15.3. The lowest BCUT2D eigenvalue weighted by Crippen LogP contribution is -2.18. The number of nitrogens with zero attached hydrogens (tertiary/aromatic N) is 1. The van der Waals surface area contributed by atoms with Crippen molar-refractivity contribution in [3.05, 3.63) is 39.8 Å². The summed E-state index contributed by atoms with van der Waals surface area (Å²) in [5.74, 6) is -0.156. The third-order valence-electron chi connectivity index (χ3n) is 2.62. The summed E-state index contributed by atoms with van der Waals surface area (Å²) in [6.07, 6.45) is 0. The number of benzene rings is 1. The van der Waals surface area contributed by atoms with Gasteiger partial charge in [-0.15, -0.1) is 0 Å². The van der Waals surface area contributed by atoms with E-state index in [1.165, 1.54) is 12.1 Å². The zero-order chi connectivity index (χ0) is 14.5. The smallest absolute Gasteiger partial charge is 0.168 e. The fourth-order valence-electron chi connectivity index (χ4n) is 1.62. The Morgan fingerprint density at radius 2 is 2.10 bits per heavy atom. The molecule has 1 aromatic carbocycles. The number of nitrogens with one attached hydrogen (secondary N) is 1. The molecule has 0 aliphatic carbocycles. The van der Waals surface area contributed by atoms with E-state index in [2.05, 4.69) is 10.5 Å². The molecule has 0 atom stereocenters. The molecule has 0 fully saturated rings. The van der Waals surface area contributed by atoms with E-state index in [9.17, 15) is 4.39 Å². The number of halogens is 3. The first-order valence-electron chi connectivity index (χ1n) is 5.92. The molecule has 20 heavy (non-hydrogen) atoms. The second-order valence-electron chi connectivity index (χ2n) is 4.10. The maximum Gasteiger partial charge on any atom is 0.168 e. The number of rotatable bonds is 6. The second kappa shape index (κ2) is 7.04. The Kier molecular flexibility index (Phi) is 5.37. The van der Waals surface area contributed by atoms with E-state index < -0.39 is 5.82 Å². The van der Waals surface area contributed by atoms with Crippen molar-refractivity contribution in [1.82, 2.24) is 10.5 Å². The van der Waals surface area contributed by atoms with Crippen LogP contribution < -0.4 is 5.32 Å². The first-order chi connectivity index (χ1) is 9.61. The SMILES string of the molecule is COCCNCc1cc(-c2cc(F)c(Cl)cc2Cl)on1. The molecule has 7 heteroatoms. The highest BCUT2D eigenvalue weighted by Crippen LogP contribution is 2.32. The number of methoxy groups -OCH3 is 1. The standard InChI is InChI=1S/C13H13Cl2FN2O2/c1-19-3-2-17-7-8-4-13(20-18-8)9-5-12(16)11(15)6-10(9)14/h4-6,17H,2-3,7H2,1H3. The third kappa shape index (κ3) is 3.70. The van der Waals surface area contributed by atoms with Gasteiger partial charge < -0.3 is 14.6 Å². The highest BCUT2D eigenvalue weighted by Gasteiger charge is 2.13. The monoisotopic (exact) mass is 318 g/mol. The van der Waals surface area contributed by atoms with Crippen LogP contribution in [0.5, 0.6) is 0 Å². The molecule has 2 aromatic rings. The molecule has 0 saturated heterocycles. The van der Waals surface area contributed by atoms with Gasteiger partial charge in [-0.05, 0) is 12.1 Å². The quantitative estimate of drug-likeness (QED) is 0.654. The van der Waals surface area contributed by atoms with Crippen molar-refractivity contribution < 1.29 is 13.7 Å². The van der Waals surface area contributed by atoms with Crippen molar-refractivity contribution in [2.45, 2.75) is 6.54 Å². The van der Waals surface area contributed by atoms with E-state index in [0.717, 1.165) is 0 Å². The van der Waals surface area contributed by atoms with Crippen LogP contribution in [0.3, 0.4) is 0 Å². The summed E-state index contributed by atoms with van der Waals surface area (Å²) in [5.41, 5.74) is 1.12. The van der Waals surface area contributed by atoms with Gasteiger partial charge in [0.1, 0.15) is 5.82 Å². The number of ether oxygens (including phenoxy) is 1. The molecule has 1 aromatic heterocycles. The zero-order valence-corrected chi connectivity index (χ0v) is 12.3. The maximum atomic E-state index is 13.5. The fraction of sp³-hybridized carbons (Fsp3) is 0.308. The second-order valence-corrected chi connectivity index (χ2v) is 4.91. The molecule has 2 rings (SSSR count). The van der Waals surface area contributed by atoms with Crippen LogP contribution in [-0.2, 0) is 11.3 Å². The van der Waals surface area contributed by atoms with E-state index in [1.807, 2.05) is 0 Å². The molecule has 0 unspecified atom stereocenters. The molecular formula is C13H13Cl2FN2O2. The summed E-state index contributed by atoms with van der Waals surface area (Å²) in [5, 5.41) is 7.30. The molecule has 1 N–H and O–H groups in total. The minimum absolute atomic E-state index is 0.0280. The molecule has 0 bridgehead atoms. The van der Waals surface area contributed by atoms with Crippen molar-refractivity contribution in [2.24, 2.45) is 0 Å². The average Bonchev–Trinajstić information content (AvgIpc) is 2.87. The maximum absolute atomic E-state index is 13.5. The van der Waals surface area contributed by atoms with Gasteiger partial charge >= 0.3 is 0 Å². The summed E-state index contributed by atoms with van der Waals surface area (Å²) in [4.78, 5) is 0. The van der Waals surface area contributed by atoms with Crippen LogP contribution >= 0.6 is 23.2 Å². The Hall–Kier alpha value is -1.14. The number of aromatic nitrogens is 1. The normalized spacial score (nSPS) is 11.0. The summed E-state index contributed by atoms with van der Waals surface area (Å²) in [6.45, 7) is 1.84. The van der Waals surface area contributed by atoms with Gasteiger partial charge in [-0.1, -0.05) is 28.4 Å². The van der Waals surface area contributed by atoms with Gasteiger partial charge in [0.15, 0.2) is 5.76 Å². The van der Waals surface area contributed by atoms with Crippen LogP contribution in [0.15, 0.2) is 22.7 Å². The zero-order valence-electron chi connectivity index (χ0n) is 10.8. The van der Waals surface area contributed by atoms with E-state index in [-0.39, 0.29) is 5.02 Å². The highest BCUT2D eigenvalue weighted by molar-refractivity contribution is 6.36. The summed E-state index contributed by atoms with van der Waals surface area (Å²) >= 11 is 11.7. The van der Waals surface area contributed by atoms with Gasteiger partial charge in [-0.3, -0.25) is 0 Å². The minimum atomic E-state index is -0.553. The summed E-state index contributed by atoms with van der Waals surface area (Å²) in [7, 11) is 1.63. The molecular weight excluding hydrogens is 306 g/mol. The predicted molar refractivity (Wildman–Crippen MR) is 75.5 cm³/mol. The molecule has 108 valence electrons. The molecule has 0 spiro atoms. The van der Waals surface area contributed by atoms with Gasteiger partial charge in [-0.25, -0.2) is 4.39 Å². The predicted octanol–water partition coefficient (Wildman–Crippen LogP) is 3.52. The van der Waals surface area contributed by atoms with Crippen LogP contribution in [0.2, 0.25) is 10.0 Å². The molecule has 4 nitrogen and oxygen atoms in total. The Bertz CT molecular complexity index is 590. The Morgan fingerprint density at radius 3 is 2.85 bits per heavy atom. The third-order valence-corrected chi connectivity index (χ3v) is 3.23. The molecule has 0 radical (unpaired) electrons. The lowest BCUT2D eigenvalue weighted by Gasteiger charge is -2.01. The average molecular weight is 319 g/mol. The van der Waals surface area contributed by atoms with E-state index >= 15 is 0 Å². The van der Waals surface area contributed by atoms with Crippen molar-refractivity contribution >= 4 is 23.2 Å². The van der Waals surface area contributed by atoms with Crippen LogP contribution in [0.25, 0.3) is 11.3 Å². The minimum Gasteiger partial charge on any atom is -0.383 e. The topological polar surface area (TPSA) is 47.3 Å². The van der Waals surface area contributed by atoms with Crippen molar-refractivity contribution in [3.63, 3.8) is 0 Å². The Morgan fingerprint density at radius 1 is 1.30 bits per heavy atom. The van der Waals surface area contributed by atoms with Gasteiger partial charge in [0.2, 0.25) is 0 Å². The number of hydrogen-bond donors (Lipinski definition) is 1. The van der Waals surface area contributed by atoms with Crippen LogP contribution in [-0.4, -0.2) is 25.4 Å². The van der Waals surface area contributed by atoms with Crippen molar-refractivity contribution in [3.8, 4) is 11.3 Å². The Balaban J connectivity index is 2.10. The van der Waals surface area contributed by atoms with Crippen LogP contribution in [0, 0.1) is 5.82 Å². The van der Waals surface area contributed by atoms with E-state index in [0.29, 0.717) is 41.7 Å². The first-order valence-corrected chi connectivity index (χ1v) is 6.67. The van der Waals surface area contributed by atoms with Gasteiger partial charge in [0.25, 0.3) is 0 Å². The molecule has 0 saturated carbocycles. The molecule has 0 aliphatic rings. The van der Waals surface area contributed by atoms with Crippen LogP contribution in [0.4, 0.5) is 4.39 Å². The van der Waals surface area contributed by atoms with Gasteiger partial charge in [0.05, 0.1) is 22.3 Å². The largest absolute Gasteiger partial charge is 0.383 e. The van der Waals surface area contributed by atoms with E-state index in [1.54, 1.807) is 13.2 Å². The lowest BCUT2D eigenvalue weighted by molar-refractivity contribution is 0.199. The Labute approximate surface area is 125 Å². The van der Waals surface area contributed by atoms with Crippen molar-refractivity contribution in [2.75, 3.05) is 20.3 Å². The van der Waals surface area contributed by atoms with Crippen molar-refractivity contribution in [1.29, 1.82) is 0 Å². The van der Waals surface area contributed by atoms with Crippen LogP contribution in [0.1, 0.15) is 5.69 Å². The van der Waals surface area contributed by atoms with E-state index in [4.69, 9.17) is 32.5 Å².